The van der Waals surface area contributed by atoms with Crippen molar-refractivity contribution in [1.82, 2.24) is 14.8 Å². The van der Waals surface area contributed by atoms with Gasteiger partial charge in [0.15, 0.2) is 11.0 Å². The van der Waals surface area contributed by atoms with Crippen LogP contribution in [0.1, 0.15) is 77.2 Å². The molecule has 0 atom stereocenters. The summed E-state index contributed by atoms with van der Waals surface area (Å²) < 4.78 is 7.45. The molecule has 0 bridgehead atoms. The van der Waals surface area contributed by atoms with Gasteiger partial charge in [-0.25, -0.2) is 4.79 Å². The third-order valence-electron chi connectivity index (χ3n) is 6.82. The molecule has 10 heteroatoms. The zero-order valence-corrected chi connectivity index (χ0v) is 23.3. The first-order chi connectivity index (χ1) is 17.6. The summed E-state index contributed by atoms with van der Waals surface area (Å²) in [6, 6.07) is 0. The highest BCUT2D eigenvalue weighted by Gasteiger charge is 2.27. The summed E-state index contributed by atoms with van der Waals surface area (Å²) in [5, 5.41) is 15.5. The third kappa shape index (κ3) is 5.13. The monoisotopic (exact) mass is 544 g/mol. The van der Waals surface area contributed by atoms with Crippen LogP contribution < -0.4 is 5.32 Å². The Kier molecular flexibility index (Phi) is 8.12. The van der Waals surface area contributed by atoms with Crippen molar-refractivity contribution < 1.29 is 14.3 Å². The van der Waals surface area contributed by atoms with E-state index < -0.39 is 0 Å². The Balaban J connectivity index is 1.31. The normalized spacial score (nSPS) is 15.2. The SMILES string of the molecule is CCOC(=O)c1c(NC(=O)CSc2nnc(-c3csc4c3CCCC4)n2CC)sc2c1CCCCC2. The Morgan fingerprint density at radius 2 is 1.78 bits per heavy atom. The van der Waals surface area contributed by atoms with E-state index in [0.29, 0.717) is 17.2 Å². The number of anilines is 1. The fraction of sp³-hybridized carbons (Fsp3) is 0.538. The van der Waals surface area contributed by atoms with Gasteiger partial charge in [-0.15, -0.1) is 32.9 Å². The summed E-state index contributed by atoms with van der Waals surface area (Å²) in [5.41, 5.74) is 4.23. The van der Waals surface area contributed by atoms with Crippen LogP contribution in [0.2, 0.25) is 0 Å². The fourth-order valence-electron chi connectivity index (χ4n) is 5.10. The van der Waals surface area contributed by atoms with E-state index >= 15 is 0 Å². The van der Waals surface area contributed by atoms with Crippen molar-refractivity contribution in [1.29, 1.82) is 0 Å². The Morgan fingerprint density at radius 3 is 2.61 bits per heavy atom. The molecule has 3 aromatic rings. The van der Waals surface area contributed by atoms with E-state index in [1.165, 1.54) is 56.8 Å². The van der Waals surface area contributed by atoms with Gasteiger partial charge in [0.2, 0.25) is 5.91 Å². The number of fused-ring (bicyclic) bond motifs is 2. The molecule has 0 spiro atoms. The summed E-state index contributed by atoms with van der Waals surface area (Å²) >= 11 is 4.74. The van der Waals surface area contributed by atoms with Crippen LogP contribution >= 0.6 is 34.4 Å². The lowest BCUT2D eigenvalue weighted by Gasteiger charge is -2.13. The maximum Gasteiger partial charge on any atom is 0.341 e. The van der Waals surface area contributed by atoms with Gasteiger partial charge in [-0.05, 0) is 76.3 Å². The first-order valence-electron chi connectivity index (χ1n) is 12.9. The van der Waals surface area contributed by atoms with Gasteiger partial charge in [0, 0.05) is 27.2 Å². The van der Waals surface area contributed by atoms with Crippen molar-refractivity contribution in [3.8, 4) is 11.4 Å². The number of amides is 1. The molecule has 0 saturated carbocycles. The van der Waals surface area contributed by atoms with Crippen molar-refractivity contribution in [2.45, 2.75) is 83.3 Å². The van der Waals surface area contributed by atoms with E-state index in [9.17, 15) is 9.59 Å². The molecule has 3 heterocycles. The number of hydrogen-bond acceptors (Lipinski definition) is 8. The Labute approximate surface area is 224 Å². The molecule has 0 aromatic carbocycles. The van der Waals surface area contributed by atoms with Gasteiger partial charge >= 0.3 is 5.97 Å². The highest BCUT2D eigenvalue weighted by molar-refractivity contribution is 7.99. The molecule has 2 aliphatic carbocycles. The Bertz CT molecular complexity index is 1260. The maximum absolute atomic E-state index is 13.0. The van der Waals surface area contributed by atoms with Gasteiger partial charge in [-0.1, -0.05) is 18.2 Å². The molecule has 36 heavy (non-hydrogen) atoms. The first kappa shape index (κ1) is 25.5. The number of esters is 1. The van der Waals surface area contributed by atoms with Crippen LogP contribution in [0.3, 0.4) is 0 Å². The van der Waals surface area contributed by atoms with E-state index in [-0.39, 0.29) is 17.6 Å². The minimum atomic E-state index is -0.339. The third-order valence-corrected chi connectivity index (χ3v) is 10.1. The van der Waals surface area contributed by atoms with Crippen LogP contribution in [-0.2, 0) is 41.8 Å². The molecule has 1 N–H and O–H groups in total. The molecule has 5 rings (SSSR count). The molecule has 0 saturated heterocycles. The van der Waals surface area contributed by atoms with Crippen molar-refractivity contribution in [3.63, 3.8) is 0 Å². The van der Waals surface area contributed by atoms with Crippen LogP contribution in [0.15, 0.2) is 10.5 Å². The van der Waals surface area contributed by atoms with Gasteiger partial charge in [0.25, 0.3) is 0 Å². The largest absolute Gasteiger partial charge is 0.462 e. The van der Waals surface area contributed by atoms with Gasteiger partial charge in [0.05, 0.1) is 17.9 Å². The number of rotatable bonds is 8. The zero-order valence-electron chi connectivity index (χ0n) is 20.9. The maximum atomic E-state index is 13.0. The molecule has 0 radical (unpaired) electrons. The predicted octanol–water partition coefficient (Wildman–Crippen LogP) is 6.14. The second-order valence-corrected chi connectivity index (χ2v) is 12.1. The molecular weight excluding hydrogens is 513 g/mol. The summed E-state index contributed by atoms with van der Waals surface area (Å²) in [4.78, 5) is 28.4. The molecule has 7 nitrogen and oxygen atoms in total. The van der Waals surface area contributed by atoms with Crippen LogP contribution in [-0.4, -0.2) is 39.0 Å². The van der Waals surface area contributed by atoms with Crippen LogP contribution in [0, 0.1) is 0 Å². The number of nitrogens with zero attached hydrogens (tertiary/aromatic N) is 3. The Morgan fingerprint density at radius 1 is 1.03 bits per heavy atom. The van der Waals surface area contributed by atoms with Crippen LogP contribution in [0.5, 0.6) is 0 Å². The number of carbonyl (C=O) groups is 2. The zero-order chi connectivity index (χ0) is 25.1. The lowest BCUT2D eigenvalue weighted by atomic mass is 9.96. The van der Waals surface area contributed by atoms with E-state index in [4.69, 9.17) is 4.74 Å². The standard InChI is InChI=1S/C26H32N4O3S3/c1-3-30-23(18-14-34-19-12-9-8-10-16(18)19)28-29-26(30)35-15-21(31)27-24-22(25(32)33-4-2)17-11-6-5-7-13-20(17)36-24/h14H,3-13,15H2,1-2H3,(H,27,31). The smallest absolute Gasteiger partial charge is 0.341 e. The van der Waals surface area contributed by atoms with E-state index in [2.05, 4.69) is 32.4 Å². The molecule has 0 fully saturated rings. The minimum absolute atomic E-state index is 0.151. The molecule has 192 valence electrons. The lowest BCUT2D eigenvalue weighted by Crippen LogP contribution is -2.17. The number of hydrogen-bond donors (Lipinski definition) is 1. The Hall–Kier alpha value is -2.17. The van der Waals surface area contributed by atoms with Gasteiger partial charge < -0.3 is 14.6 Å². The molecule has 1 amide bonds. The second kappa shape index (κ2) is 11.5. The number of aromatic nitrogens is 3. The quantitative estimate of drug-likeness (QED) is 0.208. The number of ether oxygens (including phenoxy) is 1. The fourth-order valence-corrected chi connectivity index (χ4v) is 8.32. The molecule has 3 aromatic heterocycles. The number of aryl methyl sites for hydroxylation is 2. The highest BCUT2D eigenvalue weighted by atomic mass is 32.2. The summed E-state index contributed by atoms with van der Waals surface area (Å²) in [5.74, 6) is 0.604. The number of thiophene rings is 2. The van der Waals surface area contributed by atoms with E-state index in [1.807, 2.05) is 18.3 Å². The van der Waals surface area contributed by atoms with E-state index in [0.717, 1.165) is 68.0 Å². The highest BCUT2D eigenvalue weighted by Crippen LogP contribution is 2.39. The van der Waals surface area contributed by atoms with Gasteiger partial charge in [-0.2, -0.15) is 0 Å². The van der Waals surface area contributed by atoms with Crippen molar-refractivity contribution in [2.75, 3.05) is 17.7 Å². The van der Waals surface area contributed by atoms with Crippen molar-refractivity contribution in [3.05, 3.63) is 31.8 Å². The predicted molar refractivity (Wildman–Crippen MR) is 147 cm³/mol. The molecule has 2 aliphatic rings. The minimum Gasteiger partial charge on any atom is -0.462 e. The number of nitrogens with one attached hydrogen (secondary N) is 1. The van der Waals surface area contributed by atoms with E-state index in [1.54, 1.807) is 0 Å². The van der Waals surface area contributed by atoms with Gasteiger partial charge in [0.1, 0.15) is 5.00 Å². The molecule has 0 unspecified atom stereocenters. The molecular formula is C26H32N4O3S3. The molecule has 0 aliphatic heterocycles. The average molecular weight is 545 g/mol. The number of carbonyl (C=O) groups excluding carboxylic acids is 2. The van der Waals surface area contributed by atoms with Crippen molar-refractivity contribution in [2.24, 2.45) is 0 Å². The summed E-state index contributed by atoms with van der Waals surface area (Å²) in [7, 11) is 0. The van der Waals surface area contributed by atoms with Crippen LogP contribution in [0.25, 0.3) is 11.4 Å². The summed E-state index contributed by atoms with van der Waals surface area (Å²) in [6.45, 7) is 4.94. The van der Waals surface area contributed by atoms with Crippen LogP contribution in [0.4, 0.5) is 5.00 Å². The topological polar surface area (TPSA) is 86.1 Å². The second-order valence-electron chi connectivity index (χ2n) is 9.13. The van der Waals surface area contributed by atoms with Gasteiger partial charge in [-0.3, -0.25) is 4.79 Å². The average Bonchev–Trinajstić information content (AvgIpc) is 3.53. The first-order valence-corrected chi connectivity index (χ1v) is 15.6. The van der Waals surface area contributed by atoms with Crippen molar-refractivity contribution >= 4 is 51.3 Å². The summed E-state index contributed by atoms with van der Waals surface area (Å²) in [6.07, 6.45) is 9.88. The number of thioether (sulfide) groups is 1. The lowest BCUT2D eigenvalue weighted by molar-refractivity contribution is -0.113.